The molecule has 0 aliphatic carbocycles. The molecule has 0 spiro atoms. The number of carbonyl (C=O) groups is 1. The highest BCUT2D eigenvalue weighted by Crippen LogP contribution is 2.22. The van der Waals surface area contributed by atoms with Crippen molar-refractivity contribution in [3.63, 3.8) is 0 Å². The highest BCUT2D eigenvalue weighted by molar-refractivity contribution is 7.08. The number of carbonyl (C=O) groups excluding carboxylic acids is 1. The van der Waals surface area contributed by atoms with E-state index in [2.05, 4.69) is 33.2 Å². The second-order valence-corrected chi connectivity index (χ2v) is 7.43. The van der Waals surface area contributed by atoms with Gasteiger partial charge in [-0.05, 0) is 48.1 Å². The van der Waals surface area contributed by atoms with Crippen LogP contribution in [0.4, 0.5) is 5.82 Å². The van der Waals surface area contributed by atoms with Crippen LogP contribution in [0, 0.1) is 5.92 Å². The van der Waals surface area contributed by atoms with Crippen LogP contribution in [-0.2, 0) is 13.1 Å². The third-order valence-electron chi connectivity index (χ3n) is 4.79. The largest absolute Gasteiger partial charge is 0.370 e. The molecule has 0 aromatic carbocycles. The predicted molar refractivity (Wildman–Crippen MR) is 104 cm³/mol. The number of nitrogens with zero attached hydrogens (tertiary/aromatic N) is 3. The van der Waals surface area contributed by atoms with Gasteiger partial charge in [0.1, 0.15) is 5.82 Å². The lowest BCUT2D eigenvalue weighted by Gasteiger charge is -2.24. The van der Waals surface area contributed by atoms with E-state index < -0.39 is 0 Å². The van der Waals surface area contributed by atoms with E-state index in [0.29, 0.717) is 12.5 Å². The van der Waals surface area contributed by atoms with Crippen LogP contribution in [0.25, 0.3) is 0 Å². The van der Waals surface area contributed by atoms with E-state index >= 15 is 0 Å². The summed E-state index contributed by atoms with van der Waals surface area (Å²) in [6.07, 6.45) is 4.90. The van der Waals surface area contributed by atoms with E-state index in [1.165, 1.54) is 5.69 Å². The highest BCUT2D eigenvalue weighted by atomic mass is 32.1. The van der Waals surface area contributed by atoms with E-state index in [1.54, 1.807) is 17.5 Å². The summed E-state index contributed by atoms with van der Waals surface area (Å²) in [4.78, 5) is 19.2. The molecule has 1 aliphatic rings. The van der Waals surface area contributed by atoms with Crippen molar-refractivity contribution in [1.29, 1.82) is 0 Å². The van der Waals surface area contributed by atoms with Gasteiger partial charge in [0.25, 0.3) is 5.91 Å². The van der Waals surface area contributed by atoms with Gasteiger partial charge >= 0.3 is 0 Å². The number of aromatic nitrogens is 2. The number of fused-ring (bicyclic) bond motifs is 1. The first-order chi connectivity index (χ1) is 12.8. The zero-order valence-corrected chi connectivity index (χ0v) is 15.4. The summed E-state index contributed by atoms with van der Waals surface area (Å²) in [5.74, 6) is 1.43. The molecule has 4 heterocycles. The van der Waals surface area contributed by atoms with Crippen molar-refractivity contribution in [1.82, 2.24) is 14.5 Å². The first kappa shape index (κ1) is 16.8. The molecule has 1 N–H and O–H groups in total. The number of rotatable bonds is 5. The van der Waals surface area contributed by atoms with E-state index in [0.717, 1.165) is 37.4 Å². The van der Waals surface area contributed by atoms with Crippen LogP contribution in [0.2, 0.25) is 0 Å². The quantitative estimate of drug-likeness (QED) is 0.749. The Hall–Kier alpha value is -2.60. The molecule has 4 rings (SSSR count). The Labute approximate surface area is 157 Å². The minimum absolute atomic E-state index is 0.128. The summed E-state index contributed by atoms with van der Waals surface area (Å²) >= 11 is 1.57. The average molecular weight is 366 g/mol. The number of amides is 1. The van der Waals surface area contributed by atoms with Crippen molar-refractivity contribution in [2.75, 3.05) is 18.4 Å². The van der Waals surface area contributed by atoms with Crippen LogP contribution in [0.1, 0.15) is 22.5 Å². The second kappa shape index (κ2) is 7.74. The summed E-state index contributed by atoms with van der Waals surface area (Å²) in [5.41, 5.74) is 1.99. The van der Waals surface area contributed by atoms with E-state index in [-0.39, 0.29) is 5.91 Å². The van der Waals surface area contributed by atoms with Gasteiger partial charge in [-0.2, -0.15) is 11.3 Å². The van der Waals surface area contributed by atoms with Gasteiger partial charge < -0.3 is 14.8 Å². The molecule has 26 heavy (non-hydrogen) atoms. The van der Waals surface area contributed by atoms with Crippen molar-refractivity contribution >= 4 is 23.1 Å². The number of hydrogen-bond acceptors (Lipinski definition) is 4. The second-order valence-electron chi connectivity index (χ2n) is 6.65. The third-order valence-corrected chi connectivity index (χ3v) is 5.47. The molecule has 6 heteroatoms. The average Bonchev–Trinajstić information content (AvgIpc) is 3.31. The molecule has 0 unspecified atom stereocenters. The Balaban J connectivity index is 1.45. The lowest BCUT2D eigenvalue weighted by atomic mass is 10.0. The standard InChI is InChI=1S/C20H22N4OS/c25-20(17-7-11-26-15-17)24-13-16(12-23-10-3-4-18(23)14-24)6-9-22-19-5-1-2-8-21-19/h1-5,7-8,10-11,15-16H,6,9,12-14H2,(H,21,22)/t16-/m0/s1. The van der Waals surface area contributed by atoms with Crippen molar-refractivity contribution in [2.24, 2.45) is 5.92 Å². The fourth-order valence-corrected chi connectivity index (χ4v) is 4.09. The summed E-state index contributed by atoms with van der Waals surface area (Å²) in [7, 11) is 0. The smallest absolute Gasteiger partial charge is 0.255 e. The van der Waals surface area contributed by atoms with Gasteiger partial charge in [-0.15, -0.1) is 0 Å². The predicted octanol–water partition coefficient (Wildman–Crippen LogP) is 3.72. The van der Waals surface area contributed by atoms with E-state index in [1.807, 2.05) is 39.9 Å². The molecular formula is C20H22N4OS. The summed E-state index contributed by atoms with van der Waals surface area (Å²) in [5, 5.41) is 7.27. The zero-order chi connectivity index (χ0) is 17.8. The Morgan fingerprint density at radius 2 is 2.19 bits per heavy atom. The number of pyridine rings is 1. The topological polar surface area (TPSA) is 50.2 Å². The summed E-state index contributed by atoms with van der Waals surface area (Å²) in [6, 6.07) is 12.0. The monoisotopic (exact) mass is 366 g/mol. The molecule has 0 radical (unpaired) electrons. The SMILES string of the molecule is O=C(c1ccsc1)N1Cc2cccn2C[C@H](CCNc2ccccn2)C1. The van der Waals surface area contributed by atoms with Gasteiger partial charge in [0.05, 0.1) is 12.1 Å². The molecule has 3 aromatic heterocycles. The van der Waals surface area contributed by atoms with Crippen LogP contribution >= 0.6 is 11.3 Å². The van der Waals surface area contributed by atoms with Crippen LogP contribution < -0.4 is 5.32 Å². The van der Waals surface area contributed by atoms with Gasteiger partial charge in [0.15, 0.2) is 0 Å². The molecule has 1 amide bonds. The molecule has 134 valence electrons. The van der Waals surface area contributed by atoms with Crippen molar-refractivity contribution < 1.29 is 4.79 Å². The van der Waals surface area contributed by atoms with Crippen molar-refractivity contribution in [2.45, 2.75) is 19.5 Å². The van der Waals surface area contributed by atoms with E-state index in [4.69, 9.17) is 0 Å². The van der Waals surface area contributed by atoms with Crippen LogP contribution in [0.3, 0.4) is 0 Å². The first-order valence-electron chi connectivity index (χ1n) is 8.90. The molecule has 5 nitrogen and oxygen atoms in total. The van der Waals surface area contributed by atoms with Gasteiger partial charge in [0, 0.05) is 43.1 Å². The minimum atomic E-state index is 0.128. The van der Waals surface area contributed by atoms with Gasteiger partial charge in [-0.3, -0.25) is 4.79 Å². The molecule has 3 aromatic rings. The van der Waals surface area contributed by atoms with Gasteiger partial charge in [-0.25, -0.2) is 4.98 Å². The summed E-state index contributed by atoms with van der Waals surface area (Å²) in [6.45, 7) is 3.24. The molecule has 0 fully saturated rings. The Bertz CT molecular complexity index is 844. The minimum Gasteiger partial charge on any atom is -0.370 e. The third kappa shape index (κ3) is 3.80. The lowest BCUT2D eigenvalue weighted by molar-refractivity contribution is 0.0720. The fraction of sp³-hybridized carbons (Fsp3) is 0.300. The Kier molecular flexibility index (Phi) is 5.02. The normalized spacial score (nSPS) is 16.8. The lowest BCUT2D eigenvalue weighted by Crippen LogP contribution is -2.34. The molecular weight excluding hydrogens is 344 g/mol. The highest BCUT2D eigenvalue weighted by Gasteiger charge is 2.25. The summed E-state index contributed by atoms with van der Waals surface area (Å²) < 4.78 is 2.28. The maximum absolute atomic E-state index is 12.9. The number of anilines is 1. The Morgan fingerprint density at radius 3 is 3.00 bits per heavy atom. The first-order valence-corrected chi connectivity index (χ1v) is 9.84. The number of thiophene rings is 1. The molecule has 1 atom stereocenters. The molecule has 0 bridgehead atoms. The van der Waals surface area contributed by atoms with Crippen molar-refractivity contribution in [3.05, 3.63) is 70.8 Å². The van der Waals surface area contributed by atoms with Crippen LogP contribution in [0.15, 0.2) is 59.6 Å². The van der Waals surface area contributed by atoms with E-state index in [9.17, 15) is 4.79 Å². The van der Waals surface area contributed by atoms with Crippen molar-refractivity contribution in [3.8, 4) is 0 Å². The van der Waals surface area contributed by atoms with Crippen LogP contribution in [0.5, 0.6) is 0 Å². The zero-order valence-electron chi connectivity index (χ0n) is 14.5. The maximum atomic E-state index is 12.9. The number of nitrogens with one attached hydrogen (secondary N) is 1. The Morgan fingerprint density at radius 1 is 1.23 bits per heavy atom. The molecule has 0 saturated carbocycles. The van der Waals surface area contributed by atoms with Crippen LogP contribution in [-0.4, -0.2) is 33.4 Å². The molecule has 0 saturated heterocycles. The van der Waals surface area contributed by atoms with Gasteiger partial charge in [0.2, 0.25) is 0 Å². The fourth-order valence-electron chi connectivity index (χ4n) is 3.46. The molecule has 1 aliphatic heterocycles. The van der Waals surface area contributed by atoms with Gasteiger partial charge in [-0.1, -0.05) is 6.07 Å². The maximum Gasteiger partial charge on any atom is 0.255 e. The number of hydrogen-bond donors (Lipinski definition) is 1.